The van der Waals surface area contributed by atoms with E-state index in [0.717, 1.165) is 6.07 Å². The molecule has 2 nitrogen and oxygen atoms in total. The largest absolute Gasteiger partial charge is 0.338 e. The molecule has 90 valence electrons. The first-order valence-electron chi connectivity index (χ1n) is 5.24. The van der Waals surface area contributed by atoms with Crippen molar-refractivity contribution in [2.45, 2.75) is 0 Å². The van der Waals surface area contributed by atoms with Gasteiger partial charge in [-0.3, -0.25) is 0 Å². The van der Waals surface area contributed by atoms with Crippen molar-refractivity contribution < 1.29 is 13.2 Å². The van der Waals surface area contributed by atoms with Crippen LogP contribution in [-0.4, -0.2) is 9.97 Å². The molecule has 0 amide bonds. The van der Waals surface area contributed by atoms with Crippen molar-refractivity contribution in [1.29, 1.82) is 0 Å². The summed E-state index contributed by atoms with van der Waals surface area (Å²) in [4.78, 5) is 6.83. The first kappa shape index (κ1) is 10.8. The maximum absolute atomic E-state index is 13.5. The molecule has 0 aliphatic heterocycles. The summed E-state index contributed by atoms with van der Waals surface area (Å²) in [5.41, 5.74) is 0.940. The van der Waals surface area contributed by atoms with E-state index < -0.39 is 11.6 Å². The average Bonchev–Trinajstić information content (AvgIpc) is 2.74. The summed E-state index contributed by atoms with van der Waals surface area (Å²) < 4.78 is 39.3. The van der Waals surface area contributed by atoms with Crippen molar-refractivity contribution in [3.63, 3.8) is 0 Å². The molecular weight excluding hydrogens is 241 g/mol. The Hall–Kier alpha value is -2.30. The topological polar surface area (TPSA) is 28.7 Å². The van der Waals surface area contributed by atoms with Crippen LogP contribution in [0.3, 0.4) is 0 Å². The van der Waals surface area contributed by atoms with Crippen LogP contribution in [0.4, 0.5) is 13.2 Å². The molecule has 0 bridgehead atoms. The molecule has 0 saturated carbocycles. The molecule has 0 atom stereocenters. The number of halogens is 3. The van der Waals surface area contributed by atoms with Gasteiger partial charge >= 0.3 is 0 Å². The fraction of sp³-hybridized carbons (Fsp3) is 0. The summed E-state index contributed by atoms with van der Waals surface area (Å²) in [6, 6.07) is 7.53. The molecule has 0 aliphatic carbocycles. The van der Waals surface area contributed by atoms with E-state index in [1.807, 2.05) is 0 Å². The lowest BCUT2D eigenvalue weighted by atomic mass is 10.2. The van der Waals surface area contributed by atoms with Crippen molar-refractivity contribution in [1.82, 2.24) is 9.97 Å². The van der Waals surface area contributed by atoms with Crippen LogP contribution >= 0.6 is 0 Å². The Kier molecular flexibility index (Phi) is 2.33. The molecule has 0 spiro atoms. The van der Waals surface area contributed by atoms with E-state index in [1.54, 1.807) is 0 Å². The number of nitrogens with zero attached hydrogens (tertiary/aromatic N) is 1. The smallest absolute Gasteiger partial charge is 0.153 e. The fourth-order valence-corrected chi connectivity index (χ4v) is 1.79. The van der Waals surface area contributed by atoms with Crippen LogP contribution in [0.5, 0.6) is 0 Å². The van der Waals surface area contributed by atoms with Gasteiger partial charge in [0.1, 0.15) is 23.0 Å². The number of H-pyrrole nitrogens is 1. The lowest BCUT2D eigenvalue weighted by Gasteiger charge is -1.94. The molecule has 1 N–H and O–H groups in total. The molecule has 0 unspecified atom stereocenters. The van der Waals surface area contributed by atoms with Gasteiger partial charge in [0.15, 0.2) is 5.82 Å². The van der Waals surface area contributed by atoms with Crippen LogP contribution < -0.4 is 0 Å². The highest BCUT2D eigenvalue weighted by Crippen LogP contribution is 2.23. The van der Waals surface area contributed by atoms with E-state index in [0.29, 0.717) is 11.4 Å². The molecule has 0 fully saturated rings. The predicted octanol–water partition coefficient (Wildman–Crippen LogP) is 3.65. The summed E-state index contributed by atoms with van der Waals surface area (Å²) in [6.45, 7) is 0. The Balaban J connectivity index is 2.19. The molecule has 18 heavy (non-hydrogen) atoms. The standard InChI is InChI=1S/C13H7F3N2/c14-8-3-1-7(2-4-8)13-17-11-6-9(15)5-10(16)12(11)18-13/h1-6H,(H,17,18). The number of hydrogen-bond acceptors (Lipinski definition) is 1. The molecule has 1 heterocycles. The van der Waals surface area contributed by atoms with Crippen molar-refractivity contribution in [3.05, 3.63) is 53.8 Å². The monoisotopic (exact) mass is 248 g/mol. The van der Waals surface area contributed by atoms with Gasteiger partial charge in [-0.2, -0.15) is 0 Å². The summed E-state index contributed by atoms with van der Waals surface area (Å²) in [5.74, 6) is -1.40. The van der Waals surface area contributed by atoms with Gasteiger partial charge in [-0.15, -0.1) is 0 Å². The highest BCUT2D eigenvalue weighted by atomic mass is 19.1. The van der Waals surface area contributed by atoms with Crippen LogP contribution in [0.25, 0.3) is 22.4 Å². The van der Waals surface area contributed by atoms with Crippen LogP contribution in [0.15, 0.2) is 36.4 Å². The Morgan fingerprint density at radius 3 is 2.33 bits per heavy atom. The quantitative estimate of drug-likeness (QED) is 0.699. The highest BCUT2D eigenvalue weighted by molar-refractivity contribution is 5.79. The van der Waals surface area contributed by atoms with Gasteiger partial charge in [0, 0.05) is 11.6 Å². The van der Waals surface area contributed by atoms with Gasteiger partial charge < -0.3 is 4.98 Å². The number of aromatic nitrogens is 2. The number of fused-ring (bicyclic) bond motifs is 1. The Morgan fingerprint density at radius 1 is 0.889 bits per heavy atom. The van der Waals surface area contributed by atoms with Gasteiger partial charge in [0.25, 0.3) is 0 Å². The number of nitrogens with one attached hydrogen (secondary N) is 1. The second-order valence-electron chi connectivity index (χ2n) is 3.88. The third-order valence-electron chi connectivity index (χ3n) is 2.62. The van der Waals surface area contributed by atoms with E-state index in [2.05, 4.69) is 9.97 Å². The molecule has 3 aromatic rings. The number of benzene rings is 2. The third kappa shape index (κ3) is 1.73. The van der Waals surface area contributed by atoms with Crippen molar-refractivity contribution in [2.24, 2.45) is 0 Å². The molecule has 0 aliphatic rings. The van der Waals surface area contributed by atoms with Crippen LogP contribution in [0, 0.1) is 17.5 Å². The Morgan fingerprint density at radius 2 is 1.61 bits per heavy atom. The first-order valence-corrected chi connectivity index (χ1v) is 5.24. The minimum atomic E-state index is -0.727. The maximum Gasteiger partial charge on any atom is 0.153 e. The molecule has 3 rings (SSSR count). The SMILES string of the molecule is Fc1ccc(-c2nc3c(F)cc(F)cc3[nH]2)cc1. The van der Waals surface area contributed by atoms with Crippen molar-refractivity contribution >= 4 is 11.0 Å². The maximum atomic E-state index is 13.5. The number of imidazole rings is 1. The van der Waals surface area contributed by atoms with E-state index in [9.17, 15) is 13.2 Å². The average molecular weight is 248 g/mol. The second kappa shape index (κ2) is 3.87. The van der Waals surface area contributed by atoms with E-state index in [-0.39, 0.29) is 16.9 Å². The zero-order valence-corrected chi connectivity index (χ0v) is 9.05. The zero-order valence-electron chi connectivity index (χ0n) is 9.05. The molecule has 1 aromatic heterocycles. The predicted molar refractivity (Wildman–Crippen MR) is 61.4 cm³/mol. The normalized spacial score (nSPS) is 11.1. The minimum absolute atomic E-state index is 0.0655. The third-order valence-corrected chi connectivity index (χ3v) is 2.62. The van der Waals surface area contributed by atoms with Crippen molar-refractivity contribution in [2.75, 3.05) is 0 Å². The van der Waals surface area contributed by atoms with E-state index in [1.165, 1.54) is 30.3 Å². The van der Waals surface area contributed by atoms with Crippen LogP contribution in [0.1, 0.15) is 0 Å². The molecule has 0 saturated heterocycles. The van der Waals surface area contributed by atoms with Crippen molar-refractivity contribution in [3.8, 4) is 11.4 Å². The summed E-state index contributed by atoms with van der Waals surface area (Å²) in [5, 5.41) is 0. The summed E-state index contributed by atoms with van der Waals surface area (Å²) in [6.07, 6.45) is 0. The second-order valence-corrected chi connectivity index (χ2v) is 3.88. The first-order chi connectivity index (χ1) is 8.63. The lowest BCUT2D eigenvalue weighted by Crippen LogP contribution is -1.81. The Bertz CT molecular complexity index is 717. The molecule has 0 radical (unpaired) electrons. The lowest BCUT2D eigenvalue weighted by molar-refractivity contribution is 0.590. The van der Waals surface area contributed by atoms with Gasteiger partial charge in [-0.25, -0.2) is 18.2 Å². The summed E-state index contributed by atoms with van der Waals surface area (Å²) >= 11 is 0. The molecule has 2 aromatic carbocycles. The van der Waals surface area contributed by atoms with Gasteiger partial charge in [0.2, 0.25) is 0 Å². The number of rotatable bonds is 1. The zero-order chi connectivity index (χ0) is 12.7. The van der Waals surface area contributed by atoms with Gasteiger partial charge in [0.05, 0.1) is 5.52 Å². The number of hydrogen-bond donors (Lipinski definition) is 1. The minimum Gasteiger partial charge on any atom is -0.338 e. The van der Waals surface area contributed by atoms with Crippen LogP contribution in [-0.2, 0) is 0 Å². The molecular formula is C13H7F3N2. The number of aromatic amines is 1. The van der Waals surface area contributed by atoms with Crippen LogP contribution in [0.2, 0.25) is 0 Å². The van der Waals surface area contributed by atoms with E-state index >= 15 is 0 Å². The van der Waals surface area contributed by atoms with Gasteiger partial charge in [-0.05, 0) is 30.3 Å². The Labute approximate surface area is 100 Å². The highest BCUT2D eigenvalue weighted by Gasteiger charge is 2.10. The van der Waals surface area contributed by atoms with Gasteiger partial charge in [-0.1, -0.05) is 0 Å². The fourth-order valence-electron chi connectivity index (χ4n) is 1.79. The summed E-state index contributed by atoms with van der Waals surface area (Å²) in [7, 11) is 0. The van der Waals surface area contributed by atoms with E-state index in [4.69, 9.17) is 0 Å². The molecule has 5 heteroatoms.